The molecule has 2 aliphatic heterocycles. The predicted octanol–water partition coefficient (Wildman–Crippen LogP) is 1.35. The molecule has 10 heteroatoms. The normalized spacial score (nSPS) is 22.3. The number of hydrogen-bond donors (Lipinski definition) is 1. The minimum atomic E-state index is -3.77. The molecule has 0 radical (unpaired) electrons. The quantitative estimate of drug-likeness (QED) is 0.757. The van der Waals surface area contributed by atoms with Crippen LogP contribution in [0.5, 0.6) is 0 Å². The van der Waals surface area contributed by atoms with Crippen molar-refractivity contribution in [1.82, 2.24) is 14.1 Å². The zero-order valence-electron chi connectivity index (χ0n) is 15.0. The van der Waals surface area contributed by atoms with E-state index in [9.17, 15) is 13.2 Å². The number of hydrogen-bond acceptors (Lipinski definition) is 4. The number of nitrogens with two attached hydrogens (primary N) is 1. The molecule has 150 valence electrons. The molecule has 2 saturated heterocycles. The number of amides is 1. The number of benzene rings is 1. The Balaban J connectivity index is 1.73. The van der Waals surface area contributed by atoms with Crippen molar-refractivity contribution in [2.24, 2.45) is 5.14 Å². The number of carbonyl (C=O) groups excluding carboxylic acids is 1. The first-order valence-corrected chi connectivity index (χ1v) is 11.2. The van der Waals surface area contributed by atoms with Crippen molar-refractivity contribution in [1.29, 1.82) is 0 Å². The highest BCUT2D eigenvalue weighted by atomic mass is 35.5. The van der Waals surface area contributed by atoms with Crippen molar-refractivity contribution in [3.05, 3.63) is 33.8 Å². The summed E-state index contributed by atoms with van der Waals surface area (Å²) in [4.78, 5) is 17.0. The van der Waals surface area contributed by atoms with Gasteiger partial charge in [0.05, 0.1) is 22.5 Å². The summed E-state index contributed by atoms with van der Waals surface area (Å²) in [6, 6.07) is 4.93. The maximum Gasteiger partial charge on any atom is 0.277 e. The highest BCUT2D eigenvalue weighted by Gasteiger charge is 2.35. The van der Waals surface area contributed by atoms with Crippen molar-refractivity contribution < 1.29 is 13.2 Å². The molecule has 1 aromatic carbocycles. The number of rotatable bonds is 5. The van der Waals surface area contributed by atoms with E-state index >= 15 is 0 Å². The van der Waals surface area contributed by atoms with Gasteiger partial charge in [0.25, 0.3) is 10.2 Å². The molecule has 27 heavy (non-hydrogen) atoms. The van der Waals surface area contributed by atoms with Gasteiger partial charge in [-0.2, -0.15) is 12.7 Å². The van der Waals surface area contributed by atoms with E-state index in [1.54, 1.807) is 23.1 Å². The van der Waals surface area contributed by atoms with E-state index in [1.807, 2.05) is 0 Å². The molecule has 7 nitrogen and oxygen atoms in total. The van der Waals surface area contributed by atoms with Crippen molar-refractivity contribution in [2.45, 2.75) is 25.3 Å². The first kappa shape index (κ1) is 20.8. The van der Waals surface area contributed by atoms with E-state index in [-0.39, 0.29) is 31.5 Å². The number of carbonyl (C=O) groups is 1. The summed E-state index contributed by atoms with van der Waals surface area (Å²) in [7, 11) is -3.77. The number of nitrogens with zero attached hydrogens (tertiary/aromatic N) is 3. The maximum absolute atomic E-state index is 12.9. The Morgan fingerprint density at radius 1 is 1.11 bits per heavy atom. The van der Waals surface area contributed by atoms with Gasteiger partial charge < -0.3 is 9.80 Å². The molecule has 2 fully saturated rings. The molecule has 3 rings (SSSR count). The van der Waals surface area contributed by atoms with Crippen LogP contribution in [0.2, 0.25) is 10.0 Å². The number of likely N-dealkylation sites (tertiary alicyclic amines) is 1. The van der Waals surface area contributed by atoms with E-state index in [0.717, 1.165) is 31.5 Å². The van der Waals surface area contributed by atoms with Gasteiger partial charge in [-0.05, 0) is 43.6 Å². The van der Waals surface area contributed by atoms with Crippen molar-refractivity contribution >= 4 is 39.3 Å². The topological polar surface area (TPSA) is 87.0 Å². The maximum atomic E-state index is 12.9. The smallest absolute Gasteiger partial charge is 0.277 e. The van der Waals surface area contributed by atoms with Crippen LogP contribution in [0.15, 0.2) is 18.2 Å². The van der Waals surface area contributed by atoms with Gasteiger partial charge in [0.2, 0.25) is 5.91 Å². The van der Waals surface area contributed by atoms with E-state index < -0.39 is 10.2 Å². The minimum Gasteiger partial charge on any atom is -0.335 e. The van der Waals surface area contributed by atoms with Crippen LogP contribution < -0.4 is 5.14 Å². The highest BCUT2D eigenvalue weighted by molar-refractivity contribution is 7.86. The largest absolute Gasteiger partial charge is 0.335 e. The van der Waals surface area contributed by atoms with Gasteiger partial charge in [0.1, 0.15) is 0 Å². The van der Waals surface area contributed by atoms with Crippen LogP contribution in [0, 0.1) is 0 Å². The Kier molecular flexibility index (Phi) is 6.66. The molecule has 1 aromatic rings. The molecule has 2 heterocycles. The summed E-state index contributed by atoms with van der Waals surface area (Å²) in [6.07, 6.45) is 2.45. The summed E-state index contributed by atoms with van der Waals surface area (Å²) >= 11 is 12.0. The molecule has 1 atom stereocenters. The lowest BCUT2D eigenvalue weighted by molar-refractivity contribution is -0.135. The lowest BCUT2D eigenvalue weighted by Crippen LogP contribution is -2.60. The molecule has 2 N–H and O–H groups in total. The van der Waals surface area contributed by atoms with Crippen molar-refractivity contribution in [3.8, 4) is 0 Å². The van der Waals surface area contributed by atoms with Gasteiger partial charge in [-0.1, -0.05) is 29.3 Å². The van der Waals surface area contributed by atoms with Crippen molar-refractivity contribution in [2.75, 3.05) is 39.3 Å². The zero-order valence-corrected chi connectivity index (χ0v) is 17.3. The van der Waals surface area contributed by atoms with Crippen molar-refractivity contribution in [3.63, 3.8) is 0 Å². The second kappa shape index (κ2) is 8.63. The monoisotopic (exact) mass is 434 g/mol. The standard InChI is InChI=1S/C17H24Cl2N4O3S/c18-15-4-3-13(9-16(15)19)10-17(24)23-8-7-22(27(20,25)26)12-14(23)11-21-5-1-2-6-21/h3-4,9,14H,1-2,5-8,10-12H2,(H2,20,25,26)/t14-/m1/s1. The summed E-state index contributed by atoms with van der Waals surface area (Å²) in [6.45, 7) is 3.36. The van der Waals surface area contributed by atoms with Gasteiger partial charge in [0, 0.05) is 26.2 Å². The third-order valence-electron chi connectivity index (χ3n) is 5.13. The Bertz CT molecular complexity index is 799. The average molecular weight is 435 g/mol. The summed E-state index contributed by atoms with van der Waals surface area (Å²) in [5, 5.41) is 6.17. The van der Waals surface area contributed by atoms with Gasteiger partial charge in [-0.25, -0.2) is 5.14 Å². The molecule has 0 saturated carbocycles. The summed E-state index contributed by atoms with van der Waals surface area (Å²) in [5.74, 6) is -0.0494. The lowest BCUT2D eigenvalue weighted by Gasteiger charge is -2.41. The molecular weight excluding hydrogens is 411 g/mol. The van der Waals surface area contributed by atoms with Gasteiger partial charge in [-0.15, -0.1) is 0 Å². The molecule has 0 aliphatic carbocycles. The van der Waals surface area contributed by atoms with Gasteiger partial charge in [-0.3, -0.25) is 4.79 Å². The number of piperazine rings is 1. The molecule has 0 spiro atoms. The van der Waals surface area contributed by atoms with Crippen LogP contribution in [0.3, 0.4) is 0 Å². The predicted molar refractivity (Wildman–Crippen MR) is 106 cm³/mol. The first-order chi connectivity index (χ1) is 12.7. The van der Waals surface area contributed by atoms with Crippen LogP contribution in [-0.2, 0) is 21.4 Å². The van der Waals surface area contributed by atoms with Gasteiger partial charge >= 0.3 is 0 Å². The highest BCUT2D eigenvalue weighted by Crippen LogP contribution is 2.24. The third-order valence-corrected chi connectivity index (χ3v) is 6.92. The Hall–Kier alpha value is -0.900. The van der Waals surface area contributed by atoms with Crippen LogP contribution in [-0.4, -0.2) is 73.7 Å². The molecule has 0 unspecified atom stereocenters. The Morgan fingerprint density at radius 2 is 1.81 bits per heavy atom. The van der Waals surface area contributed by atoms with Crippen LogP contribution in [0.1, 0.15) is 18.4 Å². The van der Waals surface area contributed by atoms with Crippen LogP contribution >= 0.6 is 23.2 Å². The zero-order chi connectivity index (χ0) is 19.6. The molecule has 1 amide bonds. The molecule has 0 bridgehead atoms. The second-order valence-electron chi connectivity index (χ2n) is 7.08. The molecular formula is C17H24Cl2N4O3S. The lowest BCUT2D eigenvalue weighted by atomic mass is 10.1. The Morgan fingerprint density at radius 3 is 2.44 bits per heavy atom. The fourth-order valence-corrected chi connectivity index (χ4v) is 4.77. The first-order valence-electron chi connectivity index (χ1n) is 8.97. The number of halogens is 2. The van der Waals surface area contributed by atoms with Gasteiger partial charge in [0.15, 0.2) is 0 Å². The summed E-state index contributed by atoms with van der Waals surface area (Å²) < 4.78 is 24.8. The fraction of sp³-hybridized carbons (Fsp3) is 0.588. The van der Waals surface area contributed by atoms with Crippen LogP contribution in [0.4, 0.5) is 0 Å². The second-order valence-corrected chi connectivity index (χ2v) is 9.44. The SMILES string of the molecule is NS(=O)(=O)N1CCN(C(=O)Cc2ccc(Cl)c(Cl)c2)[C@H](CN2CCCC2)C1. The molecule has 2 aliphatic rings. The Labute approximate surface area is 170 Å². The third kappa shape index (κ3) is 5.34. The average Bonchev–Trinajstić information content (AvgIpc) is 3.10. The van der Waals surface area contributed by atoms with E-state index in [0.29, 0.717) is 23.1 Å². The van der Waals surface area contributed by atoms with Crippen LogP contribution in [0.25, 0.3) is 0 Å². The minimum absolute atomic E-state index is 0.0494. The van der Waals surface area contributed by atoms with E-state index in [4.69, 9.17) is 28.3 Å². The van der Waals surface area contributed by atoms with E-state index in [1.165, 1.54) is 4.31 Å². The van der Waals surface area contributed by atoms with E-state index in [2.05, 4.69) is 4.90 Å². The molecule has 0 aromatic heterocycles. The summed E-state index contributed by atoms with van der Waals surface area (Å²) in [5.41, 5.74) is 0.781. The fourth-order valence-electron chi connectivity index (χ4n) is 3.73.